The fraction of sp³-hybridized carbons (Fsp3) is 0.417. The summed E-state index contributed by atoms with van der Waals surface area (Å²) in [6, 6.07) is 4.41. The predicted molar refractivity (Wildman–Crippen MR) is 130 cm³/mol. The van der Waals surface area contributed by atoms with E-state index in [0.717, 1.165) is 36.8 Å². The van der Waals surface area contributed by atoms with E-state index in [1.165, 1.54) is 21.9 Å². The zero-order valence-corrected chi connectivity index (χ0v) is 19.8. The number of carbonyl (C=O) groups excluding carboxylic acids is 2. The van der Waals surface area contributed by atoms with E-state index in [2.05, 4.69) is 9.97 Å². The number of esters is 1. The minimum absolute atomic E-state index is 0.0166. The first-order chi connectivity index (χ1) is 16.9. The van der Waals surface area contributed by atoms with Crippen LogP contribution >= 0.6 is 11.3 Å². The summed E-state index contributed by atoms with van der Waals surface area (Å²) in [6.45, 7) is 0.0348. The van der Waals surface area contributed by atoms with Crippen LogP contribution in [0.1, 0.15) is 47.5 Å². The van der Waals surface area contributed by atoms with Crippen molar-refractivity contribution in [1.29, 1.82) is 0 Å². The minimum atomic E-state index is -0.562. The quantitative estimate of drug-likeness (QED) is 0.314. The fourth-order valence-corrected chi connectivity index (χ4v) is 6.08. The van der Waals surface area contributed by atoms with E-state index in [4.69, 9.17) is 4.74 Å². The van der Waals surface area contributed by atoms with Crippen LogP contribution in [0.15, 0.2) is 23.0 Å². The lowest BCUT2D eigenvalue weighted by Gasteiger charge is -2.29. The molecule has 0 unspecified atom stereocenters. The molecule has 0 atom stereocenters. The second-order valence-corrected chi connectivity index (χ2v) is 9.87. The van der Waals surface area contributed by atoms with Crippen molar-refractivity contribution >= 4 is 44.8 Å². The minimum Gasteiger partial charge on any atom is -0.456 e. The molecule has 1 amide bonds. The van der Waals surface area contributed by atoms with Crippen LogP contribution in [0.25, 0.3) is 10.2 Å². The average molecular weight is 497 g/mol. The highest BCUT2D eigenvalue weighted by Crippen LogP contribution is 2.33. The molecule has 10 nitrogen and oxygen atoms in total. The normalized spacial score (nSPS) is 14.9. The Morgan fingerprint density at radius 3 is 2.86 bits per heavy atom. The lowest BCUT2D eigenvalue weighted by atomic mass is 9.97. The number of hydrogen-bond donors (Lipinski definition) is 1. The molecular weight excluding hydrogens is 472 g/mol. The molecule has 5 rings (SSSR count). The number of rotatable bonds is 6. The van der Waals surface area contributed by atoms with Crippen LogP contribution in [-0.4, -0.2) is 39.9 Å². The summed E-state index contributed by atoms with van der Waals surface area (Å²) >= 11 is 1.55. The topological polar surface area (TPSA) is 136 Å². The molecule has 0 spiro atoms. The number of non-ortho nitro benzene ring substituents is 1. The molecule has 0 radical (unpaired) electrons. The van der Waals surface area contributed by atoms with Crippen molar-refractivity contribution in [3.63, 3.8) is 0 Å². The van der Waals surface area contributed by atoms with Crippen molar-refractivity contribution < 1.29 is 19.2 Å². The van der Waals surface area contributed by atoms with Gasteiger partial charge in [0.2, 0.25) is 0 Å². The number of anilines is 1. The summed E-state index contributed by atoms with van der Waals surface area (Å²) < 4.78 is 5.18. The zero-order chi connectivity index (χ0) is 24.5. The number of thiophene rings is 1. The third-order valence-corrected chi connectivity index (χ3v) is 7.68. The Morgan fingerprint density at radius 2 is 2.03 bits per heavy atom. The first kappa shape index (κ1) is 23.2. The van der Waals surface area contributed by atoms with Crippen LogP contribution in [0, 0.1) is 10.1 Å². The van der Waals surface area contributed by atoms with Crippen molar-refractivity contribution in [3.05, 3.63) is 60.5 Å². The Hall–Kier alpha value is -3.60. The van der Waals surface area contributed by atoms with Crippen LogP contribution < -0.4 is 10.5 Å². The predicted octanol–water partition coefficient (Wildman–Crippen LogP) is 3.23. The SMILES string of the molecule is O=C(CCc1nc2sc3c(c2c(=O)[nH]1)CCCC3)OCC(=O)N1CCCc2cc([N+](=O)[O-])ccc21. The largest absolute Gasteiger partial charge is 0.456 e. The number of nitrogens with zero attached hydrogens (tertiary/aromatic N) is 3. The van der Waals surface area contributed by atoms with Crippen LogP contribution in [-0.2, 0) is 40.0 Å². The van der Waals surface area contributed by atoms with Crippen LogP contribution in [0.2, 0.25) is 0 Å². The maximum absolute atomic E-state index is 12.7. The lowest BCUT2D eigenvalue weighted by molar-refractivity contribution is -0.384. The molecule has 0 saturated carbocycles. The number of aryl methyl sites for hydroxylation is 4. The van der Waals surface area contributed by atoms with Gasteiger partial charge in [-0.25, -0.2) is 4.98 Å². The lowest BCUT2D eigenvalue weighted by Crippen LogP contribution is -2.38. The number of aromatic amines is 1. The van der Waals surface area contributed by atoms with Gasteiger partial charge in [0.1, 0.15) is 10.7 Å². The first-order valence-electron chi connectivity index (χ1n) is 11.7. The molecule has 2 aromatic heterocycles. The Bertz CT molecular complexity index is 1390. The standard InChI is InChI=1S/C24H24N4O6S/c29-20(27-11-3-4-14-12-15(28(32)33)7-8-17(14)27)13-34-21(30)10-9-19-25-23(31)22-16-5-1-2-6-18(16)35-24(22)26-19/h7-8,12H,1-6,9-11,13H2,(H,25,26,31). The summed E-state index contributed by atoms with van der Waals surface area (Å²) in [5.74, 6) is -0.520. The highest BCUT2D eigenvalue weighted by atomic mass is 32.1. The molecule has 3 heterocycles. The van der Waals surface area contributed by atoms with Crippen molar-refractivity contribution in [1.82, 2.24) is 9.97 Å². The molecule has 1 aliphatic carbocycles. The summed E-state index contributed by atoms with van der Waals surface area (Å²) in [5.41, 5.74) is 2.26. The summed E-state index contributed by atoms with van der Waals surface area (Å²) in [6.07, 6.45) is 5.57. The van der Waals surface area contributed by atoms with Gasteiger partial charge in [-0.05, 0) is 55.7 Å². The van der Waals surface area contributed by atoms with Gasteiger partial charge in [-0.15, -0.1) is 11.3 Å². The van der Waals surface area contributed by atoms with E-state index >= 15 is 0 Å². The summed E-state index contributed by atoms with van der Waals surface area (Å²) in [5, 5.41) is 11.7. The van der Waals surface area contributed by atoms with Crippen LogP contribution in [0.5, 0.6) is 0 Å². The van der Waals surface area contributed by atoms with E-state index in [-0.39, 0.29) is 30.0 Å². The molecule has 11 heteroatoms. The van der Waals surface area contributed by atoms with Crippen LogP contribution in [0.4, 0.5) is 11.4 Å². The Balaban J connectivity index is 1.19. The van der Waals surface area contributed by atoms with Crippen molar-refractivity contribution in [2.45, 2.75) is 51.4 Å². The average Bonchev–Trinajstić information content (AvgIpc) is 3.24. The van der Waals surface area contributed by atoms with Gasteiger partial charge >= 0.3 is 5.97 Å². The number of ether oxygens (including phenoxy) is 1. The molecule has 0 saturated heterocycles. The van der Waals surface area contributed by atoms with Gasteiger partial charge in [-0.2, -0.15) is 0 Å². The monoisotopic (exact) mass is 496 g/mol. The fourth-order valence-electron chi connectivity index (χ4n) is 4.80. The summed E-state index contributed by atoms with van der Waals surface area (Å²) in [7, 11) is 0. The van der Waals surface area contributed by atoms with Gasteiger partial charge in [-0.1, -0.05) is 0 Å². The van der Waals surface area contributed by atoms with Crippen molar-refractivity contribution in [2.75, 3.05) is 18.1 Å². The second kappa shape index (κ2) is 9.57. The number of nitrogens with one attached hydrogen (secondary N) is 1. The van der Waals surface area contributed by atoms with E-state index in [0.29, 0.717) is 41.1 Å². The molecule has 0 bridgehead atoms. The molecule has 3 aromatic rings. The molecule has 1 aromatic carbocycles. The number of benzene rings is 1. The van der Waals surface area contributed by atoms with E-state index in [1.54, 1.807) is 17.4 Å². The van der Waals surface area contributed by atoms with Gasteiger partial charge in [0.15, 0.2) is 6.61 Å². The molecule has 2 aliphatic rings. The van der Waals surface area contributed by atoms with Gasteiger partial charge in [0, 0.05) is 35.7 Å². The number of aromatic nitrogens is 2. The molecule has 182 valence electrons. The number of nitro groups is 1. The van der Waals surface area contributed by atoms with Crippen LogP contribution in [0.3, 0.4) is 0 Å². The highest BCUT2D eigenvalue weighted by molar-refractivity contribution is 7.18. The van der Waals surface area contributed by atoms with Crippen molar-refractivity contribution in [3.8, 4) is 0 Å². The van der Waals surface area contributed by atoms with E-state index in [9.17, 15) is 24.5 Å². The molecule has 1 aliphatic heterocycles. The van der Waals surface area contributed by atoms with Gasteiger partial charge in [-0.3, -0.25) is 24.5 Å². The second-order valence-electron chi connectivity index (χ2n) is 8.78. The molecular formula is C24H24N4O6S. The molecule has 0 fully saturated rings. The maximum atomic E-state index is 12.7. The first-order valence-corrected chi connectivity index (χ1v) is 12.5. The number of H-pyrrole nitrogens is 1. The Kier molecular flexibility index (Phi) is 6.33. The smallest absolute Gasteiger partial charge is 0.306 e. The van der Waals surface area contributed by atoms with Gasteiger partial charge < -0.3 is 14.6 Å². The number of amides is 1. The number of nitro benzene ring substituents is 1. The molecule has 35 heavy (non-hydrogen) atoms. The maximum Gasteiger partial charge on any atom is 0.306 e. The number of carbonyl (C=O) groups is 2. The summed E-state index contributed by atoms with van der Waals surface area (Å²) in [4.78, 5) is 59.0. The highest BCUT2D eigenvalue weighted by Gasteiger charge is 2.25. The Labute approximate surface area is 204 Å². The third-order valence-electron chi connectivity index (χ3n) is 6.49. The number of hydrogen-bond acceptors (Lipinski definition) is 8. The van der Waals surface area contributed by atoms with Crippen molar-refractivity contribution in [2.24, 2.45) is 0 Å². The van der Waals surface area contributed by atoms with E-state index in [1.807, 2.05) is 0 Å². The third kappa shape index (κ3) is 4.68. The van der Waals surface area contributed by atoms with E-state index < -0.39 is 17.5 Å². The van der Waals surface area contributed by atoms with Gasteiger partial charge in [0.25, 0.3) is 17.2 Å². The zero-order valence-electron chi connectivity index (χ0n) is 19.0. The molecule has 1 N–H and O–H groups in total. The Morgan fingerprint density at radius 1 is 1.20 bits per heavy atom. The number of fused-ring (bicyclic) bond motifs is 4. The van der Waals surface area contributed by atoms with Gasteiger partial charge in [0.05, 0.1) is 16.7 Å².